The zero-order chi connectivity index (χ0) is 15.8. The van der Waals surface area contributed by atoms with Gasteiger partial charge in [-0.15, -0.1) is 0 Å². The first kappa shape index (κ1) is 20.3. The molecular weight excluding hydrogens is 324 g/mol. The maximum Gasteiger partial charge on any atom is 0.0754 e. The Labute approximate surface area is 153 Å². The molecule has 0 aliphatic heterocycles. The normalized spacial score (nSPS) is 19.0. The summed E-state index contributed by atoms with van der Waals surface area (Å²) in [6.07, 6.45) is 16.5. The van der Waals surface area contributed by atoms with Gasteiger partial charge in [0.15, 0.2) is 0 Å². The molecule has 0 heterocycles. The monoisotopic (exact) mass is 346 g/mol. The molecule has 0 bridgehead atoms. The average Bonchev–Trinajstić information content (AvgIpc) is 3.19. The molecule has 0 saturated heterocycles. The van der Waals surface area contributed by atoms with Crippen LogP contribution in [0.4, 0.5) is 0 Å². The first-order valence-electron chi connectivity index (χ1n) is 7.38. The first-order chi connectivity index (χ1) is 10.7. The zero-order valence-electron chi connectivity index (χ0n) is 13.8. The Hall–Kier alpha value is -0.791. The number of hydrogen-bond donors (Lipinski definition) is 0. The molecule has 1 aromatic rings. The summed E-state index contributed by atoms with van der Waals surface area (Å²) >= 11 is 0. The van der Waals surface area contributed by atoms with Crippen molar-refractivity contribution in [3.05, 3.63) is 99.1 Å². The summed E-state index contributed by atoms with van der Waals surface area (Å²) in [7, 11) is 3.87. The van der Waals surface area contributed by atoms with Crippen LogP contribution in [0.2, 0.25) is 0 Å². The van der Waals surface area contributed by atoms with Crippen LogP contribution in [0.5, 0.6) is 0 Å². The van der Waals surface area contributed by atoms with Crippen molar-refractivity contribution in [2.45, 2.75) is 6.92 Å². The molecule has 2 aliphatic rings. The van der Waals surface area contributed by atoms with Crippen molar-refractivity contribution in [1.82, 2.24) is 5.01 Å². The van der Waals surface area contributed by atoms with Crippen LogP contribution >= 0.6 is 0 Å². The predicted octanol–water partition coefficient (Wildman–Crippen LogP) is 3.77. The van der Waals surface area contributed by atoms with Gasteiger partial charge in [-0.3, -0.25) is 0 Å². The van der Waals surface area contributed by atoms with Crippen LogP contribution < -0.4 is 0 Å². The van der Waals surface area contributed by atoms with E-state index in [0.717, 1.165) is 17.2 Å². The topological polar surface area (TPSA) is 15.6 Å². The zero-order valence-corrected chi connectivity index (χ0v) is 14.9. The second-order valence-electron chi connectivity index (χ2n) is 5.30. The van der Waals surface area contributed by atoms with Crippen LogP contribution in [0.1, 0.15) is 12.5 Å². The molecule has 0 spiro atoms. The largest absolute Gasteiger partial charge is 0.303 e. The van der Waals surface area contributed by atoms with E-state index in [4.69, 9.17) is 0 Å². The van der Waals surface area contributed by atoms with Gasteiger partial charge in [0.1, 0.15) is 0 Å². The van der Waals surface area contributed by atoms with Gasteiger partial charge in [-0.25, -0.2) is 0 Å². The molecule has 23 heavy (non-hydrogen) atoms. The van der Waals surface area contributed by atoms with Crippen molar-refractivity contribution in [2.24, 2.45) is 5.10 Å². The molecule has 2 saturated carbocycles. The molecule has 0 aromatic heterocycles. The molecule has 2 fully saturated rings. The van der Waals surface area contributed by atoms with Crippen LogP contribution in [0.15, 0.2) is 35.4 Å². The minimum atomic E-state index is 0. The van der Waals surface area contributed by atoms with E-state index < -0.39 is 0 Å². The summed E-state index contributed by atoms with van der Waals surface area (Å²) < 4.78 is 0. The quantitative estimate of drug-likeness (QED) is 0.462. The number of hydrogen-bond acceptors (Lipinski definition) is 2. The van der Waals surface area contributed by atoms with Gasteiger partial charge < -0.3 is 5.01 Å². The van der Waals surface area contributed by atoms with Crippen molar-refractivity contribution >= 4 is 5.71 Å². The molecule has 10 radical (unpaired) electrons. The molecular formula is C20H22FeN2. The minimum absolute atomic E-state index is 0. The molecule has 0 unspecified atom stereocenters. The molecule has 0 amide bonds. The van der Waals surface area contributed by atoms with E-state index in [0.29, 0.717) is 0 Å². The Balaban J connectivity index is 0.000000320. The molecule has 0 atom stereocenters. The molecule has 1 aromatic carbocycles. The number of nitrogens with zero attached hydrogens (tertiary/aromatic N) is 2. The average molecular weight is 346 g/mol. The van der Waals surface area contributed by atoms with Crippen molar-refractivity contribution < 1.29 is 17.1 Å². The summed E-state index contributed by atoms with van der Waals surface area (Å²) in [6, 6.07) is 10.2. The minimum Gasteiger partial charge on any atom is -0.303 e. The van der Waals surface area contributed by atoms with E-state index in [1.165, 1.54) is 5.92 Å². The third-order valence-corrected chi connectivity index (χ3v) is 3.11. The van der Waals surface area contributed by atoms with E-state index in [-0.39, 0.29) is 17.1 Å². The van der Waals surface area contributed by atoms with Gasteiger partial charge in [0, 0.05) is 37.1 Å². The molecule has 2 aliphatic carbocycles. The maximum absolute atomic E-state index is 4.54. The van der Waals surface area contributed by atoms with Gasteiger partial charge in [0.2, 0.25) is 0 Å². The van der Waals surface area contributed by atoms with Crippen LogP contribution in [-0.2, 0) is 17.1 Å². The Morgan fingerprint density at radius 2 is 1.35 bits per heavy atom. The van der Waals surface area contributed by atoms with Gasteiger partial charge in [0.25, 0.3) is 0 Å². The summed E-state index contributed by atoms with van der Waals surface area (Å²) in [5.41, 5.74) is 2.15. The fourth-order valence-corrected chi connectivity index (χ4v) is 2.08. The SMILES string of the molecule is CN(C)/N=C(/[C]1[CH][CH][CH][CH]1)c1ccccc1.C[C]1[CH][CH][CH][CH]1.[Fe]. The fourth-order valence-electron chi connectivity index (χ4n) is 2.08. The third-order valence-electron chi connectivity index (χ3n) is 3.11. The van der Waals surface area contributed by atoms with Crippen LogP contribution in [0, 0.1) is 63.2 Å². The summed E-state index contributed by atoms with van der Waals surface area (Å²) in [5, 5.41) is 6.37. The van der Waals surface area contributed by atoms with E-state index in [1.807, 2.05) is 63.0 Å². The molecule has 3 heteroatoms. The molecule has 3 rings (SSSR count). The van der Waals surface area contributed by atoms with Gasteiger partial charge in [-0.2, -0.15) is 5.10 Å². The number of rotatable bonds is 3. The Bertz CT molecular complexity index is 444. The first-order valence-corrected chi connectivity index (χ1v) is 7.38. The second-order valence-corrected chi connectivity index (χ2v) is 5.30. The van der Waals surface area contributed by atoms with E-state index in [9.17, 15) is 0 Å². The van der Waals surface area contributed by atoms with E-state index >= 15 is 0 Å². The van der Waals surface area contributed by atoms with Crippen LogP contribution in [0.3, 0.4) is 0 Å². The maximum atomic E-state index is 4.54. The number of benzene rings is 1. The van der Waals surface area contributed by atoms with E-state index in [2.05, 4.69) is 49.8 Å². The van der Waals surface area contributed by atoms with Crippen LogP contribution in [-0.4, -0.2) is 24.8 Å². The second kappa shape index (κ2) is 10.9. The fraction of sp³-hybridized carbons (Fsp3) is 0.150. The Morgan fingerprint density at radius 1 is 0.826 bits per heavy atom. The van der Waals surface area contributed by atoms with Gasteiger partial charge in [0.05, 0.1) is 5.71 Å². The third kappa shape index (κ3) is 7.10. The molecule has 2 nitrogen and oxygen atoms in total. The van der Waals surface area contributed by atoms with Crippen molar-refractivity contribution in [3.63, 3.8) is 0 Å². The Morgan fingerprint density at radius 3 is 1.78 bits per heavy atom. The smallest absolute Gasteiger partial charge is 0.0754 e. The number of hydrazone groups is 1. The standard InChI is InChI=1S/C14H15N2.C6H7.Fe/c1-16(2)15-14(13-10-6-7-11-13)12-8-4-3-5-9-12;1-6-4-2-3-5-6;/h3-11H,1-2H3;2-5H,1H3;/b15-14+;;. The molecule has 120 valence electrons. The van der Waals surface area contributed by atoms with Gasteiger partial charge in [-0.05, 0) is 62.8 Å². The predicted molar refractivity (Wildman–Crippen MR) is 93.2 cm³/mol. The summed E-state index contributed by atoms with van der Waals surface area (Å²) in [5.74, 6) is 2.50. The van der Waals surface area contributed by atoms with Gasteiger partial charge >= 0.3 is 0 Å². The van der Waals surface area contributed by atoms with Gasteiger partial charge in [-0.1, -0.05) is 37.3 Å². The van der Waals surface area contributed by atoms with E-state index in [1.54, 1.807) is 0 Å². The summed E-state index contributed by atoms with van der Waals surface area (Å²) in [6.45, 7) is 2.08. The van der Waals surface area contributed by atoms with Crippen molar-refractivity contribution in [1.29, 1.82) is 0 Å². The van der Waals surface area contributed by atoms with Crippen LogP contribution in [0.25, 0.3) is 0 Å². The van der Waals surface area contributed by atoms with Crippen molar-refractivity contribution in [2.75, 3.05) is 14.1 Å². The summed E-state index contributed by atoms with van der Waals surface area (Å²) in [4.78, 5) is 0. The van der Waals surface area contributed by atoms with Crippen molar-refractivity contribution in [3.8, 4) is 0 Å². The molecule has 0 N–H and O–H groups in total. The Kier molecular flexibility index (Phi) is 9.59.